The van der Waals surface area contributed by atoms with E-state index in [2.05, 4.69) is 74.0 Å². The van der Waals surface area contributed by atoms with E-state index < -0.39 is 11.9 Å². The Hall–Kier alpha value is -3.38. The van der Waals surface area contributed by atoms with Gasteiger partial charge in [-0.05, 0) is 110 Å². The number of fused-ring (bicyclic) bond motifs is 1. The van der Waals surface area contributed by atoms with E-state index in [-0.39, 0.29) is 17.6 Å². The van der Waals surface area contributed by atoms with E-state index in [0.29, 0.717) is 11.8 Å². The predicted octanol–water partition coefficient (Wildman–Crippen LogP) is 6.32. The number of carboxylic acid groups (broad SMARTS) is 1. The molecule has 0 radical (unpaired) electrons. The summed E-state index contributed by atoms with van der Waals surface area (Å²) in [7, 11) is 1.64. The second kappa shape index (κ2) is 11.8. The number of benzene rings is 2. The van der Waals surface area contributed by atoms with Crippen molar-refractivity contribution in [1.29, 1.82) is 0 Å². The first-order valence-corrected chi connectivity index (χ1v) is 15.0. The van der Waals surface area contributed by atoms with E-state index in [0.717, 1.165) is 61.2 Å². The zero-order chi connectivity index (χ0) is 29.3. The Balaban J connectivity index is 1.47. The molecule has 3 atom stereocenters. The lowest BCUT2D eigenvalue weighted by atomic mass is 9.82. The topological polar surface area (TPSA) is 74.7 Å². The Kier molecular flexibility index (Phi) is 8.42. The van der Waals surface area contributed by atoms with E-state index in [1.165, 1.54) is 16.7 Å². The number of aliphatic carboxylic acids is 1. The molecule has 1 aliphatic carbocycles. The standard InChI is InChI=1S/C35H44N2O4/c1-7-37(35(3,4)5)21-28-18-26(12-14-29(28)25-16-17-36-32(20-25)40-6)30-15-13-23-8-11-27(19-31(23)41-30)33(24-9-10-24)22(2)34(38)39/h8,11-12,14,16-20,22,24,30,33H,7,9-10,13,15,21H2,1-6H3,(H,38,39)/p-1/t22-,30?,33-/m0/s1. The highest BCUT2D eigenvalue weighted by Crippen LogP contribution is 2.48. The van der Waals surface area contributed by atoms with Gasteiger partial charge < -0.3 is 19.4 Å². The highest BCUT2D eigenvalue weighted by atomic mass is 16.5. The molecule has 6 nitrogen and oxygen atoms in total. The summed E-state index contributed by atoms with van der Waals surface area (Å²) in [5.41, 5.74) is 6.91. The molecule has 6 heteroatoms. The van der Waals surface area contributed by atoms with Crippen molar-refractivity contribution < 1.29 is 19.4 Å². The molecule has 0 N–H and O–H groups in total. The van der Waals surface area contributed by atoms with Gasteiger partial charge in [0.1, 0.15) is 11.9 Å². The average Bonchev–Trinajstić information content (AvgIpc) is 3.80. The molecule has 0 saturated heterocycles. The Morgan fingerprint density at radius 2 is 1.90 bits per heavy atom. The van der Waals surface area contributed by atoms with Crippen LogP contribution in [0.2, 0.25) is 0 Å². The van der Waals surface area contributed by atoms with Crippen molar-refractivity contribution in [2.24, 2.45) is 11.8 Å². The van der Waals surface area contributed by atoms with Gasteiger partial charge in [-0.25, -0.2) is 4.98 Å². The van der Waals surface area contributed by atoms with Gasteiger partial charge in [-0.15, -0.1) is 0 Å². The minimum atomic E-state index is -0.978. The molecular weight excluding hydrogens is 512 g/mol. The Morgan fingerprint density at radius 1 is 1.12 bits per heavy atom. The number of carboxylic acids is 1. The number of carbonyl (C=O) groups excluding carboxylic acids is 1. The number of ether oxygens (including phenoxy) is 2. The van der Waals surface area contributed by atoms with Crippen LogP contribution in [0.15, 0.2) is 54.7 Å². The Labute approximate surface area is 244 Å². The van der Waals surface area contributed by atoms with Crippen LogP contribution in [0.1, 0.15) is 88.2 Å². The molecule has 2 aromatic carbocycles. The third-order valence-electron chi connectivity index (χ3n) is 8.91. The van der Waals surface area contributed by atoms with E-state index in [9.17, 15) is 9.90 Å². The molecule has 1 fully saturated rings. The van der Waals surface area contributed by atoms with Crippen molar-refractivity contribution in [3.8, 4) is 22.8 Å². The molecule has 1 aromatic heterocycles. The second-order valence-corrected chi connectivity index (χ2v) is 12.7. The molecule has 3 aromatic rings. The smallest absolute Gasteiger partial charge is 0.213 e. The summed E-state index contributed by atoms with van der Waals surface area (Å²) in [6, 6.07) is 17.1. The van der Waals surface area contributed by atoms with Crippen molar-refractivity contribution in [2.45, 2.75) is 84.4 Å². The number of aromatic nitrogens is 1. The van der Waals surface area contributed by atoms with Crippen LogP contribution in [0, 0.1) is 11.8 Å². The van der Waals surface area contributed by atoms with Crippen LogP contribution in [-0.2, 0) is 17.8 Å². The van der Waals surface area contributed by atoms with Crippen LogP contribution in [0.4, 0.5) is 0 Å². The molecule has 218 valence electrons. The van der Waals surface area contributed by atoms with Gasteiger partial charge in [0, 0.05) is 36.2 Å². The first-order chi connectivity index (χ1) is 19.6. The maximum Gasteiger partial charge on any atom is 0.213 e. The molecule has 0 spiro atoms. The van der Waals surface area contributed by atoms with Crippen molar-refractivity contribution in [3.63, 3.8) is 0 Å². The lowest BCUT2D eigenvalue weighted by molar-refractivity contribution is -0.311. The van der Waals surface area contributed by atoms with Crippen molar-refractivity contribution in [3.05, 3.63) is 77.0 Å². The zero-order valence-corrected chi connectivity index (χ0v) is 25.3. The molecule has 1 aliphatic heterocycles. The van der Waals surface area contributed by atoms with Crippen LogP contribution >= 0.6 is 0 Å². The zero-order valence-electron chi connectivity index (χ0n) is 25.3. The van der Waals surface area contributed by atoms with Crippen molar-refractivity contribution in [2.75, 3.05) is 13.7 Å². The first kappa shape index (κ1) is 29.1. The molecule has 2 aliphatic rings. The summed E-state index contributed by atoms with van der Waals surface area (Å²) in [6.07, 6.45) is 5.69. The summed E-state index contributed by atoms with van der Waals surface area (Å²) < 4.78 is 12.1. The van der Waals surface area contributed by atoms with Crippen molar-refractivity contribution >= 4 is 5.97 Å². The first-order valence-electron chi connectivity index (χ1n) is 15.0. The molecule has 0 bridgehead atoms. The largest absolute Gasteiger partial charge is 0.550 e. The average molecular weight is 556 g/mol. The van der Waals surface area contributed by atoms with E-state index >= 15 is 0 Å². The second-order valence-electron chi connectivity index (χ2n) is 12.7. The van der Waals surface area contributed by atoms with Gasteiger partial charge >= 0.3 is 0 Å². The quantitative estimate of drug-likeness (QED) is 0.291. The Bertz CT molecular complexity index is 1390. The number of carbonyl (C=O) groups is 1. The van der Waals surface area contributed by atoms with E-state index in [1.807, 2.05) is 12.1 Å². The third kappa shape index (κ3) is 6.43. The lowest BCUT2D eigenvalue weighted by Crippen LogP contribution is -2.40. The van der Waals surface area contributed by atoms with E-state index in [1.54, 1.807) is 20.2 Å². The monoisotopic (exact) mass is 555 g/mol. The van der Waals surface area contributed by atoms with Gasteiger partial charge in [-0.3, -0.25) is 4.90 Å². The maximum atomic E-state index is 11.8. The summed E-state index contributed by atoms with van der Waals surface area (Å²) in [5.74, 6) is 0.354. The lowest BCUT2D eigenvalue weighted by Gasteiger charge is -2.35. The molecular formula is C35H43N2O4-. The van der Waals surface area contributed by atoms with Gasteiger partial charge in [-0.2, -0.15) is 0 Å². The molecule has 2 heterocycles. The fourth-order valence-electron chi connectivity index (χ4n) is 6.34. The summed E-state index contributed by atoms with van der Waals surface area (Å²) in [6.45, 7) is 12.5. The van der Waals surface area contributed by atoms with E-state index in [4.69, 9.17) is 9.47 Å². The van der Waals surface area contributed by atoms with Crippen LogP contribution in [0.3, 0.4) is 0 Å². The Morgan fingerprint density at radius 3 is 2.56 bits per heavy atom. The van der Waals surface area contributed by atoms with Crippen LogP contribution in [0.25, 0.3) is 11.1 Å². The third-order valence-corrected chi connectivity index (χ3v) is 8.91. The fraction of sp³-hybridized carbons (Fsp3) is 0.486. The summed E-state index contributed by atoms with van der Waals surface area (Å²) in [4.78, 5) is 18.6. The SMILES string of the molecule is CCN(Cc1cc(C2CCc3ccc([C@H](C4CC4)[C@H](C)C(=O)[O-])cc3O2)ccc1-c1ccnc(OC)c1)C(C)(C)C. The van der Waals surface area contributed by atoms with Gasteiger partial charge in [0.05, 0.1) is 7.11 Å². The normalized spacial score (nSPS) is 18.4. The van der Waals surface area contributed by atoms with Crippen LogP contribution in [-0.4, -0.2) is 35.0 Å². The van der Waals surface area contributed by atoms with Crippen molar-refractivity contribution in [1.82, 2.24) is 9.88 Å². The van der Waals surface area contributed by atoms with Crippen LogP contribution < -0.4 is 14.6 Å². The summed E-state index contributed by atoms with van der Waals surface area (Å²) >= 11 is 0. The minimum Gasteiger partial charge on any atom is -0.550 e. The van der Waals surface area contributed by atoms with Gasteiger partial charge in [-0.1, -0.05) is 44.2 Å². The number of nitrogens with zero attached hydrogens (tertiary/aromatic N) is 2. The predicted molar refractivity (Wildman–Crippen MR) is 160 cm³/mol. The highest BCUT2D eigenvalue weighted by Gasteiger charge is 2.37. The molecule has 0 amide bonds. The molecule has 1 saturated carbocycles. The number of rotatable bonds is 10. The number of methoxy groups -OCH3 is 1. The molecule has 5 rings (SSSR count). The van der Waals surface area contributed by atoms with Gasteiger partial charge in [0.2, 0.25) is 5.88 Å². The number of hydrogen-bond donors (Lipinski definition) is 0. The fourth-order valence-corrected chi connectivity index (χ4v) is 6.34. The summed E-state index contributed by atoms with van der Waals surface area (Å²) in [5, 5.41) is 11.8. The highest BCUT2D eigenvalue weighted by molar-refractivity contribution is 5.69. The van der Waals surface area contributed by atoms with Gasteiger partial charge in [0.15, 0.2) is 0 Å². The number of pyridine rings is 1. The molecule has 1 unspecified atom stereocenters. The number of aryl methyl sites for hydroxylation is 1. The van der Waals surface area contributed by atoms with Crippen LogP contribution in [0.5, 0.6) is 11.6 Å². The maximum absolute atomic E-state index is 11.8. The number of hydrogen-bond acceptors (Lipinski definition) is 6. The molecule has 41 heavy (non-hydrogen) atoms. The minimum absolute atomic E-state index is 0.0232. The van der Waals surface area contributed by atoms with Gasteiger partial charge in [0.25, 0.3) is 0 Å².